The van der Waals surface area contributed by atoms with Crippen molar-refractivity contribution in [3.8, 4) is 22.6 Å². The first kappa shape index (κ1) is 18.2. The van der Waals surface area contributed by atoms with E-state index < -0.39 is 6.55 Å². The Morgan fingerprint density at radius 1 is 1.27 bits per heavy atom. The van der Waals surface area contributed by atoms with Crippen LogP contribution in [0.25, 0.3) is 11.1 Å². The highest BCUT2D eigenvalue weighted by Gasteiger charge is 2.30. The summed E-state index contributed by atoms with van der Waals surface area (Å²) in [6.45, 7) is 5.29. The van der Waals surface area contributed by atoms with Crippen molar-refractivity contribution >= 4 is 0 Å². The lowest BCUT2D eigenvalue weighted by molar-refractivity contribution is 0.0566. The summed E-state index contributed by atoms with van der Waals surface area (Å²) in [5.74, 6) is -0.166. The largest absolute Gasteiger partial charge is 0.507 e. The van der Waals surface area contributed by atoms with Crippen molar-refractivity contribution in [1.29, 1.82) is 0 Å². The van der Waals surface area contributed by atoms with Gasteiger partial charge in [0.1, 0.15) is 11.5 Å². The first-order valence-electron chi connectivity index (χ1n) is 8.49. The van der Waals surface area contributed by atoms with Crippen LogP contribution in [-0.4, -0.2) is 20.0 Å². The molecular weight excluding hydrogens is 338 g/mol. The van der Waals surface area contributed by atoms with Crippen molar-refractivity contribution in [2.24, 2.45) is 5.92 Å². The van der Waals surface area contributed by atoms with E-state index in [9.17, 15) is 19.0 Å². The molecule has 138 valence electrons. The molecule has 1 aromatic carbocycles. The van der Waals surface area contributed by atoms with E-state index in [0.29, 0.717) is 21.4 Å². The lowest BCUT2D eigenvalue weighted by Crippen LogP contribution is -2.17. The zero-order chi connectivity index (χ0) is 19.0. The van der Waals surface area contributed by atoms with Gasteiger partial charge in [-0.15, -0.1) is 0 Å². The van der Waals surface area contributed by atoms with Gasteiger partial charge in [0.25, 0.3) is 0 Å². The van der Waals surface area contributed by atoms with Crippen LogP contribution >= 0.6 is 0 Å². The normalized spacial score (nSPS) is 20.3. The average Bonchev–Trinajstić information content (AvgIpc) is 3.04. The number of phenolic OH excluding ortho intramolecular Hbond substituents is 2. The SMILES string of the molecule is C=C(C)[C@@H]1CCC(C)=C[C@H]1c1c(O)cc(-c2cnn(C(F)F)c2)cc1O. The van der Waals surface area contributed by atoms with Gasteiger partial charge in [-0.25, -0.2) is 4.68 Å². The Hall–Kier alpha value is -2.63. The van der Waals surface area contributed by atoms with Crippen molar-refractivity contribution in [1.82, 2.24) is 9.78 Å². The molecule has 0 radical (unpaired) electrons. The molecule has 0 spiro atoms. The highest BCUT2D eigenvalue weighted by atomic mass is 19.3. The molecule has 0 fully saturated rings. The molecule has 0 saturated heterocycles. The van der Waals surface area contributed by atoms with Crippen LogP contribution in [0.5, 0.6) is 11.5 Å². The van der Waals surface area contributed by atoms with E-state index in [2.05, 4.69) is 17.8 Å². The number of halogens is 2. The van der Waals surface area contributed by atoms with E-state index in [-0.39, 0.29) is 23.3 Å². The van der Waals surface area contributed by atoms with Gasteiger partial charge < -0.3 is 10.2 Å². The van der Waals surface area contributed by atoms with Crippen LogP contribution in [0.4, 0.5) is 8.78 Å². The number of hydrogen-bond acceptors (Lipinski definition) is 3. The van der Waals surface area contributed by atoms with Crippen molar-refractivity contribution in [3.63, 3.8) is 0 Å². The minimum Gasteiger partial charge on any atom is -0.507 e. The summed E-state index contributed by atoms with van der Waals surface area (Å²) in [6, 6.07) is 2.96. The monoisotopic (exact) mass is 360 g/mol. The van der Waals surface area contributed by atoms with Crippen molar-refractivity contribution in [3.05, 3.63) is 53.9 Å². The first-order valence-corrected chi connectivity index (χ1v) is 8.49. The Bertz CT molecular complexity index is 847. The van der Waals surface area contributed by atoms with Crippen LogP contribution in [0.15, 0.2) is 48.3 Å². The van der Waals surface area contributed by atoms with Crippen LogP contribution in [-0.2, 0) is 0 Å². The molecule has 0 unspecified atom stereocenters. The molecule has 0 bridgehead atoms. The van der Waals surface area contributed by atoms with E-state index in [0.717, 1.165) is 18.4 Å². The van der Waals surface area contributed by atoms with Gasteiger partial charge >= 0.3 is 6.55 Å². The van der Waals surface area contributed by atoms with Crippen LogP contribution in [0.2, 0.25) is 0 Å². The number of allylic oxidation sites excluding steroid dienone is 3. The maximum atomic E-state index is 12.7. The van der Waals surface area contributed by atoms with E-state index in [1.807, 2.05) is 13.8 Å². The topological polar surface area (TPSA) is 58.3 Å². The quantitative estimate of drug-likeness (QED) is 0.721. The van der Waals surface area contributed by atoms with Gasteiger partial charge in [0.15, 0.2) is 0 Å². The van der Waals surface area contributed by atoms with Gasteiger partial charge in [0, 0.05) is 23.2 Å². The number of rotatable bonds is 4. The Balaban J connectivity index is 2.04. The predicted molar refractivity (Wildman–Crippen MR) is 96.3 cm³/mol. The van der Waals surface area contributed by atoms with Gasteiger partial charge in [0.05, 0.1) is 6.20 Å². The molecule has 3 rings (SSSR count). The zero-order valence-corrected chi connectivity index (χ0v) is 14.8. The minimum atomic E-state index is -2.74. The summed E-state index contributed by atoms with van der Waals surface area (Å²) < 4.78 is 25.9. The lowest BCUT2D eigenvalue weighted by atomic mass is 9.73. The van der Waals surface area contributed by atoms with Gasteiger partial charge in [-0.05, 0) is 50.3 Å². The molecule has 2 N–H and O–H groups in total. The number of aromatic hydroxyl groups is 2. The number of hydrogen-bond donors (Lipinski definition) is 2. The fourth-order valence-electron chi connectivity index (χ4n) is 3.63. The fraction of sp³-hybridized carbons (Fsp3) is 0.350. The molecule has 0 amide bonds. The molecule has 2 aromatic rings. The third-order valence-corrected chi connectivity index (χ3v) is 4.98. The Labute approximate surface area is 151 Å². The highest BCUT2D eigenvalue weighted by Crippen LogP contribution is 2.47. The fourth-order valence-corrected chi connectivity index (χ4v) is 3.63. The molecule has 2 atom stereocenters. The predicted octanol–water partition coefficient (Wildman–Crippen LogP) is 5.37. The summed E-state index contributed by atoms with van der Waals surface area (Å²) in [5, 5.41) is 24.8. The molecule has 0 aliphatic heterocycles. The zero-order valence-electron chi connectivity index (χ0n) is 14.8. The number of aromatic nitrogens is 2. The average molecular weight is 360 g/mol. The molecule has 6 heteroatoms. The molecular formula is C20H22F2N2O2. The first-order chi connectivity index (χ1) is 12.3. The standard InChI is InChI=1S/C20H22F2N2O2/c1-11(2)15-5-4-12(3)6-16(15)19-17(25)7-13(8-18(19)26)14-9-23-24(10-14)20(21)22/h6-10,15-16,20,25-26H,1,4-5H2,2-3H3/t15-,16+/m0/s1. The van der Waals surface area contributed by atoms with E-state index in [1.54, 1.807) is 0 Å². The van der Waals surface area contributed by atoms with E-state index in [4.69, 9.17) is 0 Å². The summed E-state index contributed by atoms with van der Waals surface area (Å²) in [5.41, 5.74) is 3.48. The molecule has 0 saturated carbocycles. The van der Waals surface area contributed by atoms with Gasteiger partial charge in [-0.3, -0.25) is 0 Å². The van der Waals surface area contributed by atoms with Gasteiger partial charge in [-0.2, -0.15) is 13.9 Å². The van der Waals surface area contributed by atoms with Gasteiger partial charge in [-0.1, -0.05) is 23.8 Å². The summed E-state index contributed by atoms with van der Waals surface area (Å²) >= 11 is 0. The van der Waals surface area contributed by atoms with Crippen LogP contribution in [0.1, 0.15) is 44.7 Å². The second-order valence-electron chi connectivity index (χ2n) is 6.95. The molecule has 1 heterocycles. The molecule has 1 aliphatic carbocycles. The summed E-state index contributed by atoms with van der Waals surface area (Å²) in [6.07, 6.45) is 6.39. The van der Waals surface area contributed by atoms with Crippen LogP contribution < -0.4 is 0 Å². The Kier molecular flexibility index (Phi) is 4.85. The smallest absolute Gasteiger partial charge is 0.333 e. The van der Waals surface area contributed by atoms with E-state index >= 15 is 0 Å². The minimum absolute atomic E-state index is 0.0630. The van der Waals surface area contributed by atoms with E-state index in [1.165, 1.54) is 30.1 Å². The number of alkyl halides is 2. The Morgan fingerprint density at radius 3 is 2.46 bits per heavy atom. The molecule has 4 nitrogen and oxygen atoms in total. The van der Waals surface area contributed by atoms with Crippen LogP contribution in [0.3, 0.4) is 0 Å². The second-order valence-corrected chi connectivity index (χ2v) is 6.95. The van der Waals surface area contributed by atoms with Crippen molar-refractivity contribution < 1.29 is 19.0 Å². The van der Waals surface area contributed by atoms with Crippen LogP contribution in [0, 0.1) is 5.92 Å². The highest BCUT2D eigenvalue weighted by molar-refractivity contribution is 5.68. The lowest BCUT2D eigenvalue weighted by Gasteiger charge is -2.31. The third kappa shape index (κ3) is 3.36. The molecule has 1 aliphatic rings. The molecule has 26 heavy (non-hydrogen) atoms. The number of benzene rings is 1. The van der Waals surface area contributed by atoms with Gasteiger partial charge in [0.2, 0.25) is 0 Å². The summed E-state index contributed by atoms with van der Waals surface area (Å²) in [4.78, 5) is 0. The van der Waals surface area contributed by atoms with Crippen molar-refractivity contribution in [2.45, 2.75) is 39.2 Å². The van der Waals surface area contributed by atoms with Crippen molar-refractivity contribution in [2.75, 3.05) is 0 Å². The maximum absolute atomic E-state index is 12.7. The third-order valence-electron chi connectivity index (χ3n) is 4.98. The number of phenols is 2. The molecule has 1 aromatic heterocycles. The summed E-state index contributed by atoms with van der Waals surface area (Å²) in [7, 11) is 0. The second kappa shape index (κ2) is 6.94. The maximum Gasteiger partial charge on any atom is 0.333 e. The number of nitrogens with zero attached hydrogens (tertiary/aromatic N) is 2. The Morgan fingerprint density at radius 2 is 1.92 bits per heavy atom.